The van der Waals surface area contributed by atoms with Crippen molar-refractivity contribution in [1.82, 2.24) is 15.1 Å². The number of amides is 3. The van der Waals surface area contributed by atoms with Crippen molar-refractivity contribution in [3.63, 3.8) is 0 Å². The van der Waals surface area contributed by atoms with Gasteiger partial charge in [-0.2, -0.15) is 0 Å². The molecule has 0 radical (unpaired) electrons. The van der Waals surface area contributed by atoms with Crippen LogP contribution in [0.5, 0.6) is 5.75 Å². The number of nitrogens with one attached hydrogen (secondary N) is 1. The van der Waals surface area contributed by atoms with Gasteiger partial charge in [0.05, 0.1) is 12.9 Å². The largest absolute Gasteiger partial charge is 0.496 e. The highest BCUT2D eigenvalue weighted by atomic mass is 32.2. The van der Waals surface area contributed by atoms with Gasteiger partial charge in [-0.15, -0.1) is 11.8 Å². The molecule has 1 aromatic rings. The first-order valence-electron chi connectivity index (χ1n) is 8.88. The van der Waals surface area contributed by atoms with Crippen molar-refractivity contribution in [2.24, 2.45) is 0 Å². The Bertz CT molecular complexity index is 645. The van der Waals surface area contributed by atoms with Gasteiger partial charge >= 0.3 is 6.03 Å². The standard InChI is InChI=1S/C19H29N3O3S/c1-6-21(18(24)20-19(2,3)4)11-12-22-16(23)13-26-17(22)14-9-7-8-10-15(14)25-5/h7-10,17H,6,11-13H2,1-5H3,(H,20,24)/t17-/m0/s1. The quantitative estimate of drug-likeness (QED) is 0.825. The van der Waals surface area contributed by atoms with Gasteiger partial charge in [-0.1, -0.05) is 18.2 Å². The minimum Gasteiger partial charge on any atom is -0.496 e. The number of rotatable bonds is 6. The van der Waals surface area contributed by atoms with Crippen molar-refractivity contribution in [2.75, 3.05) is 32.5 Å². The summed E-state index contributed by atoms with van der Waals surface area (Å²) in [6.07, 6.45) is 0. The molecule has 26 heavy (non-hydrogen) atoms. The molecule has 0 unspecified atom stereocenters. The van der Waals surface area contributed by atoms with Gasteiger partial charge in [0.1, 0.15) is 11.1 Å². The van der Waals surface area contributed by atoms with E-state index in [-0.39, 0.29) is 22.9 Å². The predicted octanol–water partition coefficient (Wildman–Crippen LogP) is 3.10. The van der Waals surface area contributed by atoms with E-state index in [2.05, 4.69) is 5.32 Å². The Kier molecular flexibility index (Phi) is 6.81. The van der Waals surface area contributed by atoms with Crippen LogP contribution in [-0.2, 0) is 4.79 Å². The molecule has 6 nitrogen and oxygen atoms in total. The molecule has 144 valence electrons. The van der Waals surface area contributed by atoms with Crippen LogP contribution in [0.15, 0.2) is 24.3 Å². The zero-order chi connectivity index (χ0) is 19.3. The molecule has 1 aromatic carbocycles. The van der Waals surface area contributed by atoms with Gasteiger partial charge < -0.3 is 19.9 Å². The summed E-state index contributed by atoms with van der Waals surface area (Å²) in [6, 6.07) is 7.67. The molecule has 3 amide bonds. The first kappa shape index (κ1) is 20.4. The molecule has 7 heteroatoms. The first-order chi connectivity index (χ1) is 12.3. The summed E-state index contributed by atoms with van der Waals surface area (Å²) in [5.74, 6) is 1.32. The topological polar surface area (TPSA) is 61.9 Å². The van der Waals surface area contributed by atoms with Crippen molar-refractivity contribution in [3.8, 4) is 5.75 Å². The summed E-state index contributed by atoms with van der Waals surface area (Å²) in [4.78, 5) is 28.4. The van der Waals surface area contributed by atoms with Crippen molar-refractivity contribution >= 4 is 23.7 Å². The Balaban J connectivity index is 2.08. The Morgan fingerprint density at radius 3 is 2.69 bits per heavy atom. The number of benzene rings is 1. The van der Waals surface area contributed by atoms with Gasteiger partial charge in [-0.25, -0.2) is 4.79 Å². The Hall–Kier alpha value is -1.89. The van der Waals surface area contributed by atoms with Crippen LogP contribution in [0.25, 0.3) is 0 Å². The van der Waals surface area contributed by atoms with E-state index >= 15 is 0 Å². The highest BCUT2D eigenvalue weighted by Crippen LogP contribution is 2.42. The molecule has 1 saturated heterocycles. The normalized spacial score (nSPS) is 17.3. The second kappa shape index (κ2) is 8.66. The minimum absolute atomic E-state index is 0.0805. The molecular weight excluding hydrogens is 350 g/mol. The lowest BCUT2D eigenvalue weighted by Crippen LogP contribution is -2.50. The van der Waals surface area contributed by atoms with E-state index in [4.69, 9.17) is 4.74 Å². The number of carbonyl (C=O) groups excluding carboxylic acids is 2. The minimum atomic E-state index is -0.288. The second-order valence-corrected chi connectivity index (χ2v) is 8.32. The lowest BCUT2D eigenvalue weighted by molar-refractivity contribution is -0.128. The molecule has 0 bridgehead atoms. The number of thioether (sulfide) groups is 1. The number of likely N-dealkylation sites (N-methyl/N-ethyl adjacent to an activating group) is 1. The van der Waals surface area contributed by atoms with Crippen molar-refractivity contribution in [1.29, 1.82) is 0 Å². The van der Waals surface area contributed by atoms with E-state index < -0.39 is 0 Å². The fourth-order valence-corrected chi connectivity index (χ4v) is 4.10. The van der Waals surface area contributed by atoms with Crippen LogP contribution in [0.2, 0.25) is 0 Å². The molecule has 1 N–H and O–H groups in total. The highest BCUT2D eigenvalue weighted by molar-refractivity contribution is 8.00. The fraction of sp³-hybridized carbons (Fsp3) is 0.579. The van der Waals surface area contributed by atoms with Crippen LogP contribution in [0.1, 0.15) is 38.6 Å². The number of ether oxygens (including phenoxy) is 1. The molecule has 1 aliphatic heterocycles. The number of urea groups is 1. The average Bonchev–Trinajstić information content (AvgIpc) is 2.94. The predicted molar refractivity (Wildman–Crippen MR) is 105 cm³/mol. The van der Waals surface area contributed by atoms with Gasteiger partial charge in [0.15, 0.2) is 0 Å². The number of carbonyl (C=O) groups is 2. The summed E-state index contributed by atoms with van der Waals surface area (Å²) in [7, 11) is 1.64. The van der Waals surface area contributed by atoms with Crippen LogP contribution in [0, 0.1) is 0 Å². The number of hydrogen-bond donors (Lipinski definition) is 1. The number of nitrogens with zero attached hydrogens (tertiary/aromatic N) is 2. The maximum atomic E-state index is 12.4. The highest BCUT2D eigenvalue weighted by Gasteiger charge is 2.34. The Morgan fingerprint density at radius 1 is 1.38 bits per heavy atom. The van der Waals surface area contributed by atoms with E-state index in [9.17, 15) is 9.59 Å². The number of hydrogen-bond acceptors (Lipinski definition) is 4. The maximum absolute atomic E-state index is 12.4. The molecule has 1 fully saturated rings. The van der Waals surface area contributed by atoms with Gasteiger partial charge in [-0.05, 0) is 33.8 Å². The average molecular weight is 380 g/mol. The van der Waals surface area contributed by atoms with Crippen LogP contribution in [0.4, 0.5) is 4.79 Å². The molecule has 0 aromatic heterocycles. The number of para-hydroxylation sites is 1. The van der Waals surface area contributed by atoms with Gasteiger partial charge in [0.2, 0.25) is 5.91 Å². The van der Waals surface area contributed by atoms with Gasteiger partial charge in [-0.3, -0.25) is 4.79 Å². The third-order valence-electron chi connectivity index (χ3n) is 4.13. The van der Waals surface area contributed by atoms with Crippen LogP contribution < -0.4 is 10.1 Å². The zero-order valence-corrected chi connectivity index (χ0v) is 17.1. The lowest BCUT2D eigenvalue weighted by atomic mass is 10.1. The molecule has 0 spiro atoms. The first-order valence-corrected chi connectivity index (χ1v) is 9.92. The lowest BCUT2D eigenvalue weighted by Gasteiger charge is -2.31. The molecule has 1 heterocycles. The summed E-state index contributed by atoms with van der Waals surface area (Å²) < 4.78 is 5.46. The molecule has 0 aliphatic carbocycles. The monoisotopic (exact) mass is 379 g/mol. The summed E-state index contributed by atoms with van der Waals surface area (Å²) >= 11 is 1.60. The molecule has 1 atom stereocenters. The van der Waals surface area contributed by atoms with Crippen LogP contribution in [-0.4, -0.2) is 59.8 Å². The summed E-state index contributed by atoms with van der Waals surface area (Å²) in [5.41, 5.74) is 0.706. The maximum Gasteiger partial charge on any atom is 0.317 e. The third kappa shape index (κ3) is 5.06. The van der Waals surface area contributed by atoms with Gasteiger partial charge in [0.25, 0.3) is 0 Å². The number of methoxy groups -OCH3 is 1. The SMILES string of the molecule is CCN(CCN1C(=O)CS[C@H]1c1ccccc1OC)C(=O)NC(C)(C)C. The Morgan fingerprint density at radius 2 is 2.08 bits per heavy atom. The zero-order valence-electron chi connectivity index (χ0n) is 16.2. The summed E-state index contributed by atoms with van der Waals surface area (Å²) in [5, 5.41) is 2.90. The van der Waals surface area contributed by atoms with Crippen LogP contribution >= 0.6 is 11.8 Å². The molecule has 0 saturated carbocycles. The Labute approximate surface area is 160 Å². The van der Waals surface area contributed by atoms with E-state index in [0.29, 0.717) is 25.4 Å². The molecular formula is C19H29N3O3S. The third-order valence-corrected chi connectivity index (χ3v) is 5.37. The molecule has 2 rings (SSSR count). The van der Waals surface area contributed by atoms with E-state index in [0.717, 1.165) is 11.3 Å². The van der Waals surface area contributed by atoms with Crippen molar-refractivity contribution < 1.29 is 14.3 Å². The van der Waals surface area contributed by atoms with E-state index in [1.807, 2.05) is 56.9 Å². The van der Waals surface area contributed by atoms with E-state index in [1.165, 1.54) is 0 Å². The van der Waals surface area contributed by atoms with Crippen molar-refractivity contribution in [2.45, 2.75) is 38.6 Å². The fourth-order valence-electron chi connectivity index (χ4n) is 2.86. The molecule has 1 aliphatic rings. The van der Waals surface area contributed by atoms with Crippen LogP contribution in [0.3, 0.4) is 0 Å². The second-order valence-electron chi connectivity index (χ2n) is 7.25. The van der Waals surface area contributed by atoms with Crippen molar-refractivity contribution in [3.05, 3.63) is 29.8 Å². The summed E-state index contributed by atoms with van der Waals surface area (Å²) in [6.45, 7) is 9.40. The van der Waals surface area contributed by atoms with Gasteiger partial charge in [0, 0.05) is 30.7 Å². The smallest absolute Gasteiger partial charge is 0.317 e. The van der Waals surface area contributed by atoms with E-state index in [1.54, 1.807) is 23.8 Å².